The summed E-state index contributed by atoms with van der Waals surface area (Å²) in [6, 6.07) is 16.9. The Morgan fingerprint density at radius 1 is 0.963 bits per heavy atom. The molecule has 0 fully saturated rings. The molecule has 0 aliphatic rings. The standard InChI is InChI=1S/C22H20Br2FNO/c1-14-7-8-15(2)21(9-14)26-12-17-10-18(23)11-19(24)22(17)27-13-16-5-3-4-6-20(16)25/h3-11,26H,12-13H2,1-2H3. The van der Waals surface area contributed by atoms with Crippen LogP contribution < -0.4 is 10.1 Å². The molecule has 27 heavy (non-hydrogen) atoms. The minimum absolute atomic E-state index is 0.170. The lowest BCUT2D eigenvalue weighted by Crippen LogP contribution is -2.06. The Morgan fingerprint density at radius 2 is 1.74 bits per heavy atom. The summed E-state index contributed by atoms with van der Waals surface area (Å²) in [6.07, 6.45) is 0. The summed E-state index contributed by atoms with van der Waals surface area (Å²) in [6.45, 7) is 4.91. The van der Waals surface area contributed by atoms with Gasteiger partial charge in [-0.05, 0) is 65.2 Å². The first-order chi connectivity index (χ1) is 12.9. The average Bonchev–Trinajstić information content (AvgIpc) is 2.63. The predicted molar refractivity (Wildman–Crippen MR) is 116 cm³/mol. The van der Waals surface area contributed by atoms with E-state index >= 15 is 0 Å². The molecule has 0 aliphatic heterocycles. The number of nitrogens with one attached hydrogen (secondary N) is 1. The molecule has 3 aromatic rings. The maximum Gasteiger partial charge on any atom is 0.139 e. The Bertz CT molecular complexity index is 959. The van der Waals surface area contributed by atoms with Crippen LogP contribution in [0, 0.1) is 19.7 Å². The number of aryl methyl sites for hydroxylation is 2. The van der Waals surface area contributed by atoms with Crippen LogP contribution >= 0.6 is 31.9 Å². The molecular formula is C22H20Br2FNO. The molecule has 0 heterocycles. The molecule has 2 nitrogen and oxygen atoms in total. The number of benzene rings is 3. The first kappa shape index (κ1) is 19.9. The van der Waals surface area contributed by atoms with Gasteiger partial charge in [-0.2, -0.15) is 0 Å². The Balaban J connectivity index is 1.82. The summed E-state index contributed by atoms with van der Waals surface area (Å²) in [5.74, 6) is 0.444. The van der Waals surface area contributed by atoms with Gasteiger partial charge in [-0.25, -0.2) is 4.39 Å². The highest BCUT2D eigenvalue weighted by Gasteiger charge is 2.12. The van der Waals surface area contributed by atoms with Crippen LogP contribution in [-0.4, -0.2) is 0 Å². The van der Waals surface area contributed by atoms with E-state index in [0.29, 0.717) is 17.9 Å². The van der Waals surface area contributed by atoms with E-state index in [1.165, 1.54) is 17.2 Å². The van der Waals surface area contributed by atoms with Crippen LogP contribution in [0.2, 0.25) is 0 Å². The van der Waals surface area contributed by atoms with Gasteiger partial charge in [-0.3, -0.25) is 0 Å². The van der Waals surface area contributed by atoms with Crippen molar-refractivity contribution in [1.82, 2.24) is 0 Å². The number of ether oxygens (including phenoxy) is 1. The summed E-state index contributed by atoms with van der Waals surface area (Å²) >= 11 is 7.10. The zero-order valence-electron chi connectivity index (χ0n) is 15.2. The predicted octanol–water partition coefficient (Wildman–Crippen LogP) is 7.16. The highest BCUT2D eigenvalue weighted by Crippen LogP contribution is 2.34. The van der Waals surface area contributed by atoms with Crippen LogP contribution in [0.4, 0.5) is 10.1 Å². The maximum absolute atomic E-state index is 13.9. The number of halogens is 3. The summed E-state index contributed by atoms with van der Waals surface area (Å²) in [5.41, 5.74) is 4.98. The van der Waals surface area contributed by atoms with Crippen molar-refractivity contribution in [3.8, 4) is 5.75 Å². The van der Waals surface area contributed by atoms with E-state index in [1.54, 1.807) is 18.2 Å². The van der Waals surface area contributed by atoms with E-state index in [2.05, 4.69) is 69.2 Å². The number of rotatable bonds is 6. The van der Waals surface area contributed by atoms with Crippen LogP contribution in [-0.2, 0) is 13.2 Å². The van der Waals surface area contributed by atoms with Crippen molar-refractivity contribution in [2.24, 2.45) is 0 Å². The number of anilines is 1. The van der Waals surface area contributed by atoms with Crippen molar-refractivity contribution in [1.29, 1.82) is 0 Å². The fraction of sp³-hybridized carbons (Fsp3) is 0.182. The van der Waals surface area contributed by atoms with Gasteiger partial charge in [0.2, 0.25) is 0 Å². The van der Waals surface area contributed by atoms with Crippen LogP contribution in [0.25, 0.3) is 0 Å². The zero-order chi connectivity index (χ0) is 19.4. The highest BCUT2D eigenvalue weighted by molar-refractivity contribution is 9.11. The van der Waals surface area contributed by atoms with E-state index in [0.717, 1.165) is 20.2 Å². The van der Waals surface area contributed by atoms with Crippen molar-refractivity contribution < 1.29 is 9.13 Å². The Hall–Kier alpha value is -1.85. The molecule has 140 valence electrons. The molecule has 0 amide bonds. The normalized spacial score (nSPS) is 10.7. The van der Waals surface area contributed by atoms with Crippen LogP contribution in [0.15, 0.2) is 63.5 Å². The molecule has 0 saturated carbocycles. The first-order valence-corrected chi connectivity index (χ1v) is 10.2. The molecule has 3 rings (SSSR count). The van der Waals surface area contributed by atoms with Gasteiger partial charge in [0.05, 0.1) is 4.47 Å². The van der Waals surface area contributed by atoms with Crippen molar-refractivity contribution in [2.45, 2.75) is 27.0 Å². The van der Waals surface area contributed by atoms with E-state index in [1.807, 2.05) is 12.1 Å². The molecule has 0 saturated heterocycles. The second-order valence-corrected chi connectivity index (χ2v) is 8.20. The lowest BCUT2D eigenvalue weighted by Gasteiger charge is -2.17. The lowest BCUT2D eigenvalue weighted by molar-refractivity contribution is 0.295. The molecule has 0 bridgehead atoms. The third kappa shape index (κ3) is 5.11. The average molecular weight is 493 g/mol. The quantitative estimate of drug-likeness (QED) is 0.394. The van der Waals surface area contributed by atoms with E-state index in [4.69, 9.17) is 4.74 Å². The second kappa shape index (κ2) is 8.89. The SMILES string of the molecule is Cc1ccc(C)c(NCc2cc(Br)cc(Br)c2OCc2ccccc2F)c1. The van der Waals surface area contributed by atoms with Crippen molar-refractivity contribution >= 4 is 37.5 Å². The third-order valence-corrected chi connectivity index (χ3v) is 5.32. The van der Waals surface area contributed by atoms with Crippen LogP contribution in [0.1, 0.15) is 22.3 Å². The maximum atomic E-state index is 13.9. The highest BCUT2D eigenvalue weighted by atomic mass is 79.9. The number of hydrogen-bond donors (Lipinski definition) is 1. The van der Waals surface area contributed by atoms with Gasteiger partial charge in [-0.1, -0.05) is 46.3 Å². The summed E-state index contributed by atoms with van der Waals surface area (Å²) in [5, 5.41) is 3.48. The zero-order valence-corrected chi connectivity index (χ0v) is 18.3. The molecule has 5 heteroatoms. The summed E-state index contributed by atoms with van der Waals surface area (Å²) in [7, 11) is 0. The third-order valence-electron chi connectivity index (χ3n) is 4.28. The second-order valence-electron chi connectivity index (χ2n) is 6.43. The van der Waals surface area contributed by atoms with Gasteiger partial charge >= 0.3 is 0 Å². The van der Waals surface area contributed by atoms with Gasteiger partial charge in [0.15, 0.2) is 0 Å². The Labute approximate surface area is 176 Å². The largest absolute Gasteiger partial charge is 0.487 e. The van der Waals surface area contributed by atoms with Gasteiger partial charge in [-0.15, -0.1) is 0 Å². The molecule has 0 aromatic heterocycles. The van der Waals surface area contributed by atoms with Gasteiger partial charge in [0, 0.05) is 27.8 Å². The Kier molecular flexibility index (Phi) is 6.55. The van der Waals surface area contributed by atoms with Crippen molar-refractivity contribution in [2.75, 3.05) is 5.32 Å². The molecule has 0 unspecified atom stereocenters. The molecule has 0 spiro atoms. The first-order valence-electron chi connectivity index (χ1n) is 8.59. The van der Waals surface area contributed by atoms with Gasteiger partial charge < -0.3 is 10.1 Å². The van der Waals surface area contributed by atoms with E-state index < -0.39 is 0 Å². The van der Waals surface area contributed by atoms with E-state index in [9.17, 15) is 4.39 Å². The summed E-state index contributed by atoms with van der Waals surface area (Å²) in [4.78, 5) is 0. The molecule has 0 aliphatic carbocycles. The molecule has 0 atom stereocenters. The molecular weight excluding hydrogens is 473 g/mol. The van der Waals surface area contributed by atoms with Crippen LogP contribution in [0.3, 0.4) is 0 Å². The number of hydrogen-bond acceptors (Lipinski definition) is 2. The van der Waals surface area contributed by atoms with Crippen molar-refractivity contribution in [3.05, 3.63) is 91.6 Å². The monoisotopic (exact) mass is 491 g/mol. The summed E-state index contributed by atoms with van der Waals surface area (Å²) < 4.78 is 21.7. The topological polar surface area (TPSA) is 21.3 Å². The minimum Gasteiger partial charge on any atom is -0.487 e. The fourth-order valence-corrected chi connectivity index (χ4v) is 4.22. The lowest BCUT2D eigenvalue weighted by atomic mass is 10.1. The molecule has 0 radical (unpaired) electrons. The molecule has 3 aromatic carbocycles. The van der Waals surface area contributed by atoms with Gasteiger partial charge in [0.1, 0.15) is 18.2 Å². The van der Waals surface area contributed by atoms with E-state index in [-0.39, 0.29) is 12.4 Å². The molecule has 1 N–H and O–H groups in total. The minimum atomic E-state index is -0.263. The Morgan fingerprint density at radius 3 is 2.52 bits per heavy atom. The smallest absolute Gasteiger partial charge is 0.139 e. The van der Waals surface area contributed by atoms with Gasteiger partial charge in [0.25, 0.3) is 0 Å². The van der Waals surface area contributed by atoms with Crippen LogP contribution in [0.5, 0.6) is 5.75 Å². The van der Waals surface area contributed by atoms with Crippen molar-refractivity contribution in [3.63, 3.8) is 0 Å². The fourth-order valence-electron chi connectivity index (χ4n) is 2.79.